The molecule has 0 bridgehead atoms. The maximum absolute atomic E-state index is 12.5. The van der Waals surface area contributed by atoms with Gasteiger partial charge in [-0.25, -0.2) is 13.4 Å². The third-order valence-electron chi connectivity index (χ3n) is 4.23. The summed E-state index contributed by atoms with van der Waals surface area (Å²) in [6.45, 7) is 8.03. The molecule has 6 nitrogen and oxygen atoms in total. The van der Waals surface area contributed by atoms with E-state index in [4.69, 9.17) is 0 Å². The molecule has 1 heterocycles. The molecule has 0 atom stereocenters. The van der Waals surface area contributed by atoms with Crippen LogP contribution in [0.5, 0.6) is 0 Å². The Morgan fingerprint density at radius 1 is 1.15 bits per heavy atom. The molecule has 0 saturated carbocycles. The van der Waals surface area contributed by atoms with Crippen molar-refractivity contribution in [3.05, 3.63) is 53.2 Å². The van der Waals surface area contributed by atoms with E-state index in [1.807, 2.05) is 12.1 Å². The van der Waals surface area contributed by atoms with Crippen molar-refractivity contribution < 1.29 is 13.2 Å². The lowest BCUT2D eigenvalue weighted by Crippen LogP contribution is -2.25. The number of anilines is 1. The van der Waals surface area contributed by atoms with Gasteiger partial charge in [-0.15, -0.1) is 0 Å². The number of benzene rings is 1. The SMILES string of the molecule is CCN(CC)c1ccc(CNC(=O)c2cc(S(C)(=O)=O)ccc2C)cn1. The van der Waals surface area contributed by atoms with Crippen molar-refractivity contribution >= 4 is 21.6 Å². The summed E-state index contributed by atoms with van der Waals surface area (Å²) in [5, 5.41) is 2.82. The van der Waals surface area contributed by atoms with Crippen LogP contribution in [-0.2, 0) is 16.4 Å². The minimum absolute atomic E-state index is 0.137. The Bertz CT molecular complexity index is 873. The number of nitrogens with one attached hydrogen (secondary N) is 1. The fourth-order valence-corrected chi connectivity index (χ4v) is 3.26. The lowest BCUT2D eigenvalue weighted by molar-refractivity contribution is 0.0950. The van der Waals surface area contributed by atoms with Crippen LogP contribution in [-0.4, -0.2) is 38.7 Å². The molecule has 1 amide bonds. The molecule has 1 aromatic carbocycles. The van der Waals surface area contributed by atoms with Gasteiger partial charge in [0.1, 0.15) is 5.82 Å². The van der Waals surface area contributed by atoms with Crippen LogP contribution in [0.1, 0.15) is 35.3 Å². The maximum Gasteiger partial charge on any atom is 0.251 e. The van der Waals surface area contributed by atoms with Gasteiger partial charge in [-0.1, -0.05) is 12.1 Å². The molecule has 26 heavy (non-hydrogen) atoms. The smallest absolute Gasteiger partial charge is 0.251 e. The van der Waals surface area contributed by atoms with Crippen LogP contribution in [0, 0.1) is 6.92 Å². The normalized spacial score (nSPS) is 11.2. The van der Waals surface area contributed by atoms with Crippen molar-refractivity contribution in [2.45, 2.75) is 32.2 Å². The first kappa shape index (κ1) is 19.9. The Balaban J connectivity index is 2.09. The predicted molar refractivity (Wildman–Crippen MR) is 103 cm³/mol. The summed E-state index contributed by atoms with van der Waals surface area (Å²) in [6, 6.07) is 8.44. The first-order valence-electron chi connectivity index (χ1n) is 8.55. The van der Waals surface area contributed by atoms with Crippen LogP contribution in [0.15, 0.2) is 41.4 Å². The number of amides is 1. The van der Waals surface area contributed by atoms with E-state index >= 15 is 0 Å². The van der Waals surface area contributed by atoms with E-state index in [2.05, 4.69) is 29.0 Å². The van der Waals surface area contributed by atoms with E-state index in [1.54, 1.807) is 19.2 Å². The molecule has 0 radical (unpaired) electrons. The molecule has 0 saturated heterocycles. The number of carbonyl (C=O) groups excluding carboxylic acids is 1. The number of carbonyl (C=O) groups is 1. The second-order valence-corrected chi connectivity index (χ2v) is 8.14. The van der Waals surface area contributed by atoms with Crippen LogP contribution in [0.3, 0.4) is 0 Å². The zero-order valence-corrected chi connectivity index (χ0v) is 16.4. The molecular weight excluding hydrogens is 350 g/mol. The highest BCUT2D eigenvalue weighted by molar-refractivity contribution is 7.90. The molecule has 0 aliphatic carbocycles. The Kier molecular flexibility index (Phi) is 6.37. The zero-order valence-electron chi connectivity index (χ0n) is 15.6. The van der Waals surface area contributed by atoms with Crippen LogP contribution >= 0.6 is 0 Å². The van der Waals surface area contributed by atoms with Crippen LogP contribution in [0.25, 0.3) is 0 Å². The molecule has 0 aliphatic heterocycles. The highest BCUT2D eigenvalue weighted by atomic mass is 32.2. The second kappa shape index (κ2) is 8.31. The number of pyridine rings is 1. The van der Waals surface area contributed by atoms with Gasteiger partial charge in [-0.2, -0.15) is 0 Å². The van der Waals surface area contributed by atoms with Crippen molar-refractivity contribution in [3.8, 4) is 0 Å². The third-order valence-corrected chi connectivity index (χ3v) is 5.34. The predicted octanol–water partition coefficient (Wildman–Crippen LogP) is 2.57. The molecule has 7 heteroatoms. The zero-order chi connectivity index (χ0) is 19.3. The number of rotatable bonds is 7. The van der Waals surface area contributed by atoms with Crippen LogP contribution in [0.2, 0.25) is 0 Å². The van der Waals surface area contributed by atoms with Crippen molar-refractivity contribution in [1.29, 1.82) is 0 Å². The van der Waals surface area contributed by atoms with Crippen LogP contribution < -0.4 is 10.2 Å². The molecule has 2 aromatic rings. The summed E-state index contributed by atoms with van der Waals surface area (Å²) < 4.78 is 23.4. The largest absolute Gasteiger partial charge is 0.357 e. The van der Waals surface area contributed by atoms with Gasteiger partial charge in [-0.05, 0) is 50.1 Å². The van der Waals surface area contributed by atoms with Gasteiger partial charge >= 0.3 is 0 Å². The molecule has 0 unspecified atom stereocenters. The van der Waals surface area contributed by atoms with Gasteiger partial charge in [0.05, 0.1) is 4.90 Å². The number of aryl methyl sites for hydroxylation is 1. The topological polar surface area (TPSA) is 79.4 Å². The molecule has 0 fully saturated rings. The highest BCUT2D eigenvalue weighted by Crippen LogP contribution is 2.16. The summed E-state index contributed by atoms with van der Waals surface area (Å²) in [5.74, 6) is 0.600. The van der Waals surface area contributed by atoms with Gasteiger partial charge in [0.25, 0.3) is 5.91 Å². The summed E-state index contributed by atoms with van der Waals surface area (Å²) in [6.07, 6.45) is 2.87. The average molecular weight is 375 g/mol. The van der Waals surface area contributed by atoms with Gasteiger partial charge in [0.15, 0.2) is 9.84 Å². The Morgan fingerprint density at radius 3 is 2.38 bits per heavy atom. The second-order valence-electron chi connectivity index (χ2n) is 6.13. The first-order valence-corrected chi connectivity index (χ1v) is 10.4. The van der Waals surface area contributed by atoms with E-state index in [-0.39, 0.29) is 10.8 Å². The van der Waals surface area contributed by atoms with Gasteiger partial charge < -0.3 is 10.2 Å². The Morgan fingerprint density at radius 2 is 1.85 bits per heavy atom. The lowest BCUT2D eigenvalue weighted by Gasteiger charge is -2.19. The van der Waals surface area contributed by atoms with Crippen LogP contribution in [0.4, 0.5) is 5.82 Å². The quantitative estimate of drug-likeness (QED) is 0.805. The third kappa shape index (κ3) is 4.82. The minimum atomic E-state index is -3.36. The Labute approximate surface area is 155 Å². The van der Waals surface area contributed by atoms with E-state index in [1.165, 1.54) is 12.1 Å². The maximum atomic E-state index is 12.5. The lowest BCUT2D eigenvalue weighted by atomic mass is 10.1. The van der Waals surface area contributed by atoms with Crippen molar-refractivity contribution in [2.75, 3.05) is 24.2 Å². The van der Waals surface area contributed by atoms with E-state index in [0.717, 1.165) is 36.3 Å². The van der Waals surface area contributed by atoms with Crippen molar-refractivity contribution in [1.82, 2.24) is 10.3 Å². The standard InChI is InChI=1S/C19H25N3O3S/c1-5-22(6-2)18-10-8-15(12-20-18)13-21-19(23)17-11-16(26(4,24)25)9-7-14(17)3/h7-12H,5-6,13H2,1-4H3,(H,21,23). The fraction of sp³-hybridized carbons (Fsp3) is 0.368. The highest BCUT2D eigenvalue weighted by Gasteiger charge is 2.14. The van der Waals surface area contributed by atoms with E-state index in [0.29, 0.717) is 12.1 Å². The molecule has 0 spiro atoms. The number of hydrogen-bond donors (Lipinski definition) is 1. The molecule has 0 aliphatic rings. The molecule has 140 valence electrons. The fourth-order valence-electron chi connectivity index (χ4n) is 2.61. The molecule has 2 rings (SSSR count). The van der Waals surface area contributed by atoms with Crippen molar-refractivity contribution in [2.24, 2.45) is 0 Å². The summed E-state index contributed by atoms with van der Waals surface area (Å²) in [5.41, 5.74) is 1.97. The molecule has 1 aromatic heterocycles. The van der Waals surface area contributed by atoms with Gasteiger partial charge in [0.2, 0.25) is 0 Å². The van der Waals surface area contributed by atoms with Crippen molar-refractivity contribution in [3.63, 3.8) is 0 Å². The Hall–Kier alpha value is -2.41. The number of sulfone groups is 1. The van der Waals surface area contributed by atoms with Gasteiger partial charge in [-0.3, -0.25) is 4.79 Å². The average Bonchev–Trinajstić information content (AvgIpc) is 2.61. The summed E-state index contributed by atoms with van der Waals surface area (Å²) in [4.78, 5) is 19.2. The molecular formula is C19H25N3O3S. The molecule has 1 N–H and O–H groups in total. The summed E-state index contributed by atoms with van der Waals surface area (Å²) >= 11 is 0. The van der Waals surface area contributed by atoms with Gasteiger partial charge in [0, 0.05) is 37.7 Å². The van der Waals surface area contributed by atoms with E-state index in [9.17, 15) is 13.2 Å². The van der Waals surface area contributed by atoms with E-state index < -0.39 is 9.84 Å². The minimum Gasteiger partial charge on any atom is -0.357 e. The number of aromatic nitrogens is 1. The monoisotopic (exact) mass is 375 g/mol. The summed E-state index contributed by atoms with van der Waals surface area (Å²) in [7, 11) is -3.36. The number of hydrogen-bond acceptors (Lipinski definition) is 5. The first-order chi connectivity index (χ1) is 12.3. The number of nitrogens with zero attached hydrogens (tertiary/aromatic N) is 2.